The van der Waals surface area contributed by atoms with Gasteiger partial charge in [-0.05, 0) is 50.9 Å². The molecule has 0 saturated carbocycles. The maximum Gasteiger partial charge on any atom is 0.0104 e. The van der Waals surface area contributed by atoms with Crippen molar-refractivity contribution in [2.75, 3.05) is 26.7 Å². The average Bonchev–Trinajstić information content (AvgIpc) is 2.46. The molecule has 0 bridgehead atoms. The van der Waals surface area contributed by atoms with Crippen molar-refractivity contribution in [1.82, 2.24) is 10.2 Å². The summed E-state index contributed by atoms with van der Waals surface area (Å²) in [6.45, 7) is 5.81. The normalized spacial score (nSPS) is 22.3. The van der Waals surface area contributed by atoms with Gasteiger partial charge in [0.2, 0.25) is 0 Å². The van der Waals surface area contributed by atoms with Gasteiger partial charge in [0.1, 0.15) is 0 Å². The fourth-order valence-electron chi connectivity index (χ4n) is 3.00. The number of benzene rings is 1. The van der Waals surface area contributed by atoms with Crippen molar-refractivity contribution >= 4 is 0 Å². The Bertz CT molecular complexity index is 350. The molecule has 2 nitrogen and oxygen atoms in total. The summed E-state index contributed by atoms with van der Waals surface area (Å²) in [4.78, 5) is 2.53. The van der Waals surface area contributed by atoms with Crippen LogP contribution in [0.25, 0.3) is 0 Å². The van der Waals surface area contributed by atoms with Crippen LogP contribution in [0.4, 0.5) is 0 Å². The standard InChI is InChI=1S/C17H28N2/c1-15(16-8-4-3-5-9-16)14-18-12-11-17-10-6-7-13-19(17)2/h3-5,8-9,15,17-18H,6-7,10-14H2,1-2H3. The molecule has 0 amide bonds. The molecule has 1 saturated heterocycles. The fraction of sp³-hybridized carbons (Fsp3) is 0.647. The third-order valence-electron chi connectivity index (χ3n) is 4.39. The van der Waals surface area contributed by atoms with Crippen LogP contribution in [0, 0.1) is 0 Å². The lowest BCUT2D eigenvalue weighted by atomic mass is 9.99. The van der Waals surface area contributed by atoms with Gasteiger partial charge in [0.25, 0.3) is 0 Å². The molecule has 0 aromatic heterocycles. The summed E-state index contributed by atoms with van der Waals surface area (Å²) in [6.07, 6.45) is 5.46. The topological polar surface area (TPSA) is 15.3 Å². The largest absolute Gasteiger partial charge is 0.316 e. The lowest BCUT2D eigenvalue weighted by molar-refractivity contribution is 0.175. The van der Waals surface area contributed by atoms with Crippen LogP contribution in [0.5, 0.6) is 0 Å². The monoisotopic (exact) mass is 260 g/mol. The molecule has 106 valence electrons. The predicted molar refractivity (Wildman–Crippen MR) is 82.6 cm³/mol. The molecular formula is C17H28N2. The number of piperidine rings is 1. The first-order valence-electron chi connectivity index (χ1n) is 7.73. The van der Waals surface area contributed by atoms with E-state index in [1.165, 1.54) is 37.8 Å². The Hall–Kier alpha value is -0.860. The second-order valence-corrected chi connectivity index (χ2v) is 5.93. The molecule has 1 heterocycles. The molecule has 1 fully saturated rings. The van der Waals surface area contributed by atoms with Gasteiger partial charge in [0, 0.05) is 12.6 Å². The second kappa shape index (κ2) is 7.66. The molecule has 0 radical (unpaired) electrons. The summed E-state index contributed by atoms with van der Waals surface area (Å²) >= 11 is 0. The van der Waals surface area contributed by atoms with Crippen molar-refractivity contribution in [3.8, 4) is 0 Å². The SMILES string of the molecule is CC(CNCCC1CCCCN1C)c1ccccc1. The van der Waals surface area contributed by atoms with E-state index in [0.29, 0.717) is 5.92 Å². The van der Waals surface area contributed by atoms with Gasteiger partial charge in [-0.25, -0.2) is 0 Å². The Morgan fingerprint density at radius 1 is 1.26 bits per heavy atom. The van der Waals surface area contributed by atoms with E-state index in [0.717, 1.165) is 19.1 Å². The minimum absolute atomic E-state index is 0.602. The van der Waals surface area contributed by atoms with Gasteiger partial charge in [-0.15, -0.1) is 0 Å². The first-order chi connectivity index (χ1) is 9.27. The van der Waals surface area contributed by atoms with Crippen molar-refractivity contribution in [2.45, 2.75) is 44.6 Å². The van der Waals surface area contributed by atoms with Crippen LogP contribution in [0.3, 0.4) is 0 Å². The lowest BCUT2D eigenvalue weighted by Crippen LogP contribution is -2.38. The maximum absolute atomic E-state index is 3.62. The van der Waals surface area contributed by atoms with E-state index >= 15 is 0 Å². The van der Waals surface area contributed by atoms with Crippen molar-refractivity contribution < 1.29 is 0 Å². The van der Waals surface area contributed by atoms with E-state index in [9.17, 15) is 0 Å². The highest BCUT2D eigenvalue weighted by Crippen LogP contribution is 2.17. The summed E-state index contributed by atoms with van der Waals surface area (Å²) in [5.41, 5.74) is 1.43. The van der Waals surface area contributed by atoms with Gasteiger partial charge in [0.15, 0.2) is 0 Å². The zero-order chi connectivity index (χ0) is 13.5. The minimum atomic E-state index is 0.602. The molecular weight excluding hydrogens is 232 g/mol. The van der Waals surface area contributed by atoms with E-state index in [4.69, 9.17) is 0 Å². The third kappa shape index (κ3) is 4.63. The quantitative estimate of drug-likeness (QED) is 0.790. The van der Waals surface area contributed by atoms with Crippen LogP contribution in [-0.2, 0) is 0 Å². The minimum Gasteiger partial charge on any atom is -0.316 e. The highest BCUT2D eigenvalue weighted by Gasteiger charge is 2.17. The van der Waals surface area contributed by atoms with Gasteiger partial charge in [-0.2, -0.15) is 0 Å². The second-order valence-electron chi connectivity index (χ2n) is 5.93. The molecule has 1 aromatic carbocycles. The molecule has 2 rings (SSSR count). The van der Waals surface area contributed by atoms with Crippen LogP contribution in [0.1, 0.15) is 44.1 Å². The first kappa shape index (κ1) is 14.5. The van der Waals surface area contributed by atoms with Crippen molar-refractivity contribution in [3.63, 3.8) is 0 Å². The zero-order valence-corrected chi connectivity index (χ0v) is 12.4. The van der Waals surface area contributed by atoms with Crippen LogP contribution in [-0.4, -0.2) is 37.6 Å². The third-order valence-corrected chi connectivity index (χ3v) is 4.39. The highest BCUT2D eigenvalue weighted by molar-refractivity contribution is 5.18. The van der Waals surface area contributed by atoms with E-state index in [-0.39, 0.29) is 0 Å². The summed E-state index contributed by atoms with van der Waals surface area (Å²) in [7, 11) is 2.27. The number of likely N-dealkylation sites (tertiary alicyclic amines) is 1. The van der Waals surface area contributed by atoms with Crippen molar-refractivity contribution in [2.24, 2.45) is 0 Å². The molecule has 0 spiro atoms. The van der Waals surface area contributed by atoms with E-state index < -0.39 is 0 Å². The summed E-state index contributed by atoms with van der Waals surface area (Å²) in [5, 5.41) is 3.62. The highest BCUT2D eigenvalue weighted by atomic mass is 15.1. The van der Waals surface area contributed by atoms with Crippen LogP contribution >= 0.6 is 0 Å². The maximum atomic E-state index is 3.62. The van der Waals surface area contributed by atoms with Crippen molar-refractivity contribution in [3.05, 3.63) is 35.9 Å². The molecule has 2 unspecified atom stereocenters. The number of rotatable bonds is 6. The van der Waals surface area contributed by atoms with Crippen LogP contribution in [0.15, 0.2) is 30.3 Å². The number of nitrogens with zero attached hydrogens (tertiary/aromatic N) is 1. The first-order valence-corrected chi connectivity index (χ1v) is 7.73. The van der Waals surface area contributed by atoms with Crippen LogP contribution in [0.2, 0.25) is 0 Å². The van der Waals surface area contributed by atoms with Gasteiger partial charge in [0.05, 0.1) is 0 Å². The Kier molecular flexibility index (Phi) is 5.87. The Balaban J connectivity index is 1.64. The lowest BCUT2D eigenvalue weighted by Gasteiger charge is -2.32. The molecule has 1 N–H and O–H groups in total. The molecule has 19 heavy (non-hydrogen) atoms. The van der Waals surface area contributed by atoms with Crippen LogP contribution < -0.4 is 5.32 Å². The van der Waals surface area contributed by atoms with Gasteiger partial charge >= 0.3 is 0 Å². The molecule has 1 aromatic rings. The number of hydrogen-bond donors (Lipinski definition) is 1. The van der Waals surface area contributed by atoms with Crippen molar-refractivity contribution in [1.29, 1.82) is 0 Å². The molecule has 2 heteroatoms. The van der Waals surface area contributed by atoms with E-state index in [1.807, 2.05) is 0 Å². The molecule has 1 aliphatic heterocycles. The average molecular weight is 260 g/mol. The molecule has 0 aliphatic carbocycles. The Labute approximate surface area is 118 Å². The molecule has 2 atom stereocenters. The Morgan fingerprint density at radius 2 is 2.05 bits per heavy atom. The predicted octanol–water partition coefficient (Wildman–Crippen LogP) is 3.25. The van der Waals surface area contributed by atoms with E-state index in [1.54, 1.807) is 0 Å². The summed E-state index contributed by atoms with van der Waals surface area (Å²) in [5.74, 6) is 0.602. The van der Waals surface area contributed by atoms with Gasteiger partial charge in [-0.1, -0.05) is 43.7 Å². The molecule has 1 aliphatic rings. The van der Waals surface area contributed by atoms with Gasteiger partial charge in [-0.3, -0.25) is 0 Å². The summed E-state index contributed by atoms with van der Waals surface area (Å²) in [6, 6.07) is 11.6. The zero-order valence-electron chi connectivity index (χ0n) is 12.4. The van der Waals surface area contributed by atoms with Gasteiger partial charge < -0.3 is 10.2 Å². The Morgan fingerprint density at radius 3 is 2.79 bits per heavy atom. The number of nitrogens with one attached hydrogen (secondary N) is 1. The summed E-state index contributed by atoms with van der Waals surface area (Å²) < 4.78 is 0. The fourth-order valence-corrected chi connectivity index (χ4v) is 3.00. The number of hydrogen-bond acceptors (Lipinski definition) is 2. The smallest absolute Gasteiger partial charge is 0.0104 e. The van der Waals surface area contributed by atoms with E-state index in [2.05, 4.69) is 54.5 Å².